The first-order valence-electron chi connectivity index (χ1n) is 31.1. The highest BCUT2D eigenvalue weighted by Crippen LogP contribution is 2.15. The van der Waals surface area contributed by atoms with E-state index in [4.69, 9.17) is 18.9 Å². The third-order valence-corrected chi connectivity index (χ3v) is 13.0. The van der Waals surface area contributed by atoms with Gasteiger partial charge in [0, 0.05) is 12.8 Å². The van der Waals surface area contributed by atoms with Crippen molar-refractivity contribution >= 4 is 17.9 Å². The van der Waals surface area contributed by atoms with Crippen molar-refractivity contribution in [2.75, 3.05) is 47.5 Å². The number of hydrogen-bond donors (Lipinski definition) is 1. The summed E-state index contributed by atoms with van der Waals surface area (Å²) in [6, 6.07) is 0. The van der Waals surface area contributed by atoms with E-state index < -0.39 is 24.3 Å². The van der Waals surface area contributed by atoms with E-state index in [2.05, 4.69) is 123 Å². The van der Waals surface area contributed by atoms with Crippen molar-refractivity contribution in [1.82, 2.24) is 0 Å². The van der Waals surface area contributed by atoms with Gasteiger partial charge in [0.15, 0.2) is 6.10 Å². The Morgan fingerprint density at radius 3 is 1.12 bits per heavy atom. The minimum Gasteiger partial charge on any atom is -0.477 e. The Morgan fingerprint density at radius 2 is 0.740 bits per heavy atom. The van der Waals surface area contributed by atoms with Crippen LogP contribution in [0.25, 0.3) is 0 Å². The molecule has 9 heteroatoms. The lowest BCUT2D eigenvalue weighted by molar-refractivity contribution is -0.870. The Bertz CT molecular complexity index is 1630. The zero-order chi connectivity index (χ0) is 56.2. The number of carbonyl (C=O) groups excluding carboxylic acids is 2. The quantitative estimate of drug-likeness (QED) is 0.0211. The van der Waals surface area contributed by atoms with Crippen LogP contribution in [0.2, 0.25) is 0 Å². The number of carbonyl (C=O) groups is 3. The van der Waals surface area contributed by atoms with E-state index in [-0.39, 0.29) is 32.2 Å². The number of quaternary nitrogens is 1. The predicted molar refractivity (Wildman–Crippen MR) is 327 cm³/mol. The smallest absolute Gasteiger partial charge is 0.361 e. The van der Waals surface area contributed by atoms with Crippen molar-refractivity contribution in [3.05, 3.63) is 109 Å². The van der Waals surface area contributed by atoms with Crippen molar-refractivity contribution in [2.45, 2.75) is 257 Å². The molecule has 0 aliphatic carbocycles. The molecule has 0 spiro atoms. The third kappa shape index (κ3) is 59.5. The number of nitrogens with zero attached hydrogens (tertiary/aromatic N) is 1. The largest absolute Gasteiger partial charge is 0.477 e. The summed E-state index contributed by atoms with van der Waals surface area (Å²) >= 11 is 0. The molecule has 2 atom stereocenters. The maximum Gasteiger partial charge on any atom is 0.361 e. The van der Waals surface area contributed by atoms with Gasteiger partial charge in [-0.05, 0) is 103 Å². The van der Waals surface area contributed by atoms with Gasteiger partial charge in [0.25, 0.3) is 6.29 Å². The standard InChI is InChI=1S/C68H115NO8/c1-6-8-10-12-14-16-18-20-22-24-26-27-28-29-30-31-32-33-34-35-36-37-38-39-41-43-45-47-49-51-53-55-57-59-66(71)77-64(63-76-68(67(72)73)74-61-60-69(3,4)5)62-75-65(70)58-56-54-52-50-48-46-44-42-40-25-23-21-19-17-15-13-11-9-7-2/h8,10,14,16,20-23,26-27,29-30,32-33,35-36,38-39,64,68H,6-7,9,11-13,15,17-19,24-25,28,31,34,37,40-63H2,1-5H3/p+1/b10-8-,16-14-,22-20-,23-21-,27-26-,30-29-,33-32-,36-35-,39-38-. The Balaban J connectivity index is 4.24. The second-order valence-electron chi connectivity index (χ2n) is 21.6. The van der Waals surface area contributed by atoms with Crippen molar-refractivity contribution in [2.24, 2.45) is 0 Å². The van der Waals surface area contributed by atoms with Crippen molar-refractivity contribution < 1.29 is 42.9 Å². The first kappa shape index (κ1) is 73.0. The van der Waals surface area contributed by atoms with Gasteiger partial charge in [-0.25, -0.2) is 4.79 Å². The van der Waals surface area contributed by atoms with Gasteiger partial charge in [-0.2, -0.15) is 0 Å². The number of unbranched alkanes of at least 4 members (excludes halogenated alkanes) is 23. The molecule has 2 unspecified atom stereocenters. The molecule has 0 bridgehead atoms. The van der Waals surface area contributed by atoms with Crippen molar-refractivity contribution in [1.29, 1.82) is 0 Å². The topological polar surface area (TPSA) is 108 Å². The monoisotopic (exact) mass is 1070 g/mol. The predicted octanol–water partition coefficient (Wildman–Crippen LogP) is 18.7. The lowest BCUT2D eigenvalue weighted by Gasteiger charge is -2.25. The molecule has 0 aromatic heterocycles. The number of ether oxygens (including phenoxy) is 4. The molecule has 0 radical (unpaired) electrons. The second-order valence-corrected chi connectivity index (χ2v) is 21.6. The fraction of sp³-hybridized carbons (Fsp3) is 0.691. The van der Waals surface area contributed by atoms with Gasteiger partial charge in [0.05, 0.1) is 34.4 Å². The average molecular weight is 1080 g/mol. The molecule has 0 amide bonds. The summed E-state index contributed by atoms with van der Waals surface area (Å²) in [6.07, 6.45) is 77.4. The molecule has 0 aliphatic rings. The van der Waals surface area contributed by atoms with Gasteiger partial charge in [-0.3, -0.25) is 9.59 Å². The van der Waals surface area contributed by atoms with Crippen molar-refractivity contribution in [3.63, 3.8) is 0 Å². The molecule has 1 N–H and O–H groups in total. The van der Waals surface area contributed by atoms with Crippen LogP contribution in [0.1, 0.15) is 245 Å². The maximum absolute atomic E-state index is 12.9. The number of hydrogen-bond acceptors (Lipinski definition) is 7. The summed E-state index contributed by atoms with van der Waals surface area (Å²) in [4.78, 5) is 37.5. The van der Waals surface area contributed by atoms with Crippen LogP contribution >= 0.6 is 0 Å². The number of carboxylic acid groups (broad SMARTS) is 1. The average Bonchev–Trinajstić information content (AvgIpc) is 3.40. The van der Waals surface area contributed by atoms with E-state index in [9.17, 15) is 19.5 Å². The highest BCUT2D eigenvalue weighted by molar-refractivity contribution is 5.71. The maximum atomic E-state index is 12.9. The normalized spacial score (nSPS) is 13.5. The van der Waals surface area contributed by atoms with Gasteiger partial charge in [0.2, 0.25) is 0 Å². The van der Waals surface area contributed by atoms with Crippen molar-refractivity contribution in [3.8, 4) is 0 Å². The summed E-state index contributed by atoms with van der Waals surface area (Å²) < 4.78 is 22.9. The first-order valence-corrected chi connectivity index (χ1v) is 31.1. The van der Waals surface area contributed by atoms with E-state index in [1.54, 1.807) is 0 Å². The molecular weight excluding hydrogens is 959 g/mol. The fourth-order valence-electron chi connectivity index (χ4n) is 8.26. The van der Waals surface area contributed by atoms with E-state index in [1.807, 2.05) is 21.1 Å². The SMILES string of the molecule is CC/C=C\C/C=C\C/C=C\C/C=C\C/C=C\C/C=C\C/C=C\C/C=C\CCCCCCCCCCC(=O)OC(COC(=O)CCCCCCCCCCC/C=C\CCCCCCCC)COC(OCC[N+](C)(C)C)C(=O)O. The molecule has 9 nitrogen and oxygen atoms in total. The number of allylic oxidation sites excluding steroid dienone is 18. The van der Waals surface area contributed by atoms with E-state index in [0.717, 1.165) is 96.3 Å². The van der Waals surface area contributed by atoms with E-state index in [0.29, 0.717) is 23.9 Å². The molecule has 0 fully saturated rings. The van der Waals surface area contributed by atoms with Gasteiger partial charge in [0.1, 0.15) is 13.2 Å². The lowest BCUT2D eigenvalue weighted by Crippen LogP contribution is -2.40. The number of esters is 2. The summed E-state index contributed by atoms with van der Waals surface area (Å²) in [7, 11) is 5.96. The third-order valence-electron chi connectivity index (χ3n) is 13.0. The molecule has 440 valence electrons. The molecule has 0 rings (SSSR count). The minimum absolute atomic E-state index is 0.181. The molecule has 0 heterocycles. The van der Waals surface area contributed by atoms with Gasteiger partial charge in [-0.15, -0.1) is 0 Å². The zero-order valence-corrected chi connectivity index (χ0v) is 50.1. The molecule has 0 aliphatic heterocycles. The Morgan fingerprint density at radius 1 is 0.403 bits per heavy atom. The van der Waals surface area contributed by atoms with Gasteiger partial charge >= 0.3 is 17.9 Å². The molecule has 0 aromatic rings. The van der Waals surface area contributed by atoms with Gasteiger partial charge in [-0.1, -0.05) is 239 Å². The van der Waals surface area contributed by atoms with Crippen LogP contribution in [0.5, 0.6) is 0 Å². The highest BCUT2D eigenvalue weighted by atomic mass is 16.7. The molecule has 0 saturated heterocycles. The summed E-state index contributed by atoms with van der Waals surface area (Å²) in [5, 5.41) is 9.72. The zero-order valence-electron chi connectivity index (χ0n) is 50.1. The Kier molecular flexibility index (Phi) is 55.1. The van der Waals surface area contributed by atoms with E-state index in [1.165, 1.54) is 116 Å². The molecule has 77 heavy (non-hydrogen) atoms. The first-order chi connectivity index (χ1) is 37.6. The van der Waals surface area contributed by atoms with Gasteiger partial charge < -0.3 is 28.5 Å². The van der Waals surface area contributed by atoms with Crippen LogP contribution in [-0.2, 0) is 33.3 Å². The molecule has 0 aromatic carbocycles. The Hall–Kier alpha value is -4.05. The van der Waals surface area contributed by atoms with Crippen LogP contribution in [0, 0.1) is 0 Å². The number of aliphatic carboxylic acids is 1. The van der Waals surface area contributed by atoms with Crippen LogP contribution < -0.4 is 0 Å². The van der Waals surface area contributed by atoms with Crippen LogP contribution in [0.15, 0.2) is 109 Å². The van der Waals surface area contributed by atoms with Crippen LogP contribution in [-0.4, -0.2) is 87.4 Å². The second kappa shape index (κ2) is 58.1. The summed E-state index contributed by atoms with van der Waals surface area (Å²) in [5.41, 5.74) is 0. The fourth-order valence-corrected chi connectivity index (χ4v) is 8.26. The summed E-state index contributed by atoms with van der Waals surface area (Å²) in [5.74, 6) is -2.02. The van der Waals surface area contributed by atoms with Crippen LogP contribution in [0.3, 0.4) is 0 Å². The molecule has 0 saturated carbocycles. The number of rotatable bonds is 56. The van der Waals surface area contributed by atoms with E-state index >= 15 is 0 Å². The van der Waals surface area contributed by atoms with Crippen LogP contribution in [0.4, 0.5) is 0 Å². The Labute approximate surface area is 473 Å². The number of carboxylic acids is 1. The number of likely N-dealkylation sites (N-methyl/N-ethyl adjacent to an activating group) is 1. The molecular formula is C68H116NO8+. The minimum atomic E-state index is -1.52. The highest BCUT2D eigenvalue weighted by Gasteiger charge is 2.25. The summed E-state index contributed by atoms with van der Waals surface area (Å²) in [6.45, 7) is 4.75. The lowest BCUT2D eigenvalue weighted by atomic mass is 10.1.